The highest BCUT2D eigenvalue weighted by Crippen LogP contribution is 2.22. The van der Waals surface area contributed by atoms with E-state index in [-0.39, 0.29) is 48.7 Å². The number of nitrogens with one attached hydrogen (secondary N) is 3. The highest BCUT2D eigenvalue weighted by Gasteiger charge is 2.27. The number of hydrogen-bond acceptors (Lipinski definition) is 9. The summed E-state index contributed by atoms with van der Waals surface area (Å²) in [5.41, 5.74) is 16.6. The summed E-state index contributed by atoms with van der Waals surface area (Å²) in [7, 11) is -3.76. The fourth-order valence-electron chi connectivity index (χ4n) is 3.66. The van der Waals surface area contributed by atoms with Gasteiger partial charge in [0.1, 0.15) is 6.04 Å². The number of anilines is 1. The maximum atomic E-state index is 13.2. The highest BCUT2D eigenvalue weighted by atomic mass is 32.2. The summed E-state index contributed by atoms with van der Waals surface area (Å²) in [5.74, 6) is -2.38. The van der Waals surface area contributed by atoms with Crippen LogP contribution in [0, 0.1) is 10.1 Å². The standard InChI is InChI=1S/C24H32N8O7S/c1-40(38,39)31-20(12-15-6-3-2-4-7-15)23(35)29-14-21(33)30-19(8-5-11-28-24(26)27)22(34)17-13-16(32(36)37)9-10-18(17)25/h2-4,6-7,9-10,13,19-20,31H,5,8,11-12,14,25H2,1H3,(H,29,35)(H,30,33)(H4,26,27,28)/t19?,20-/m1/s1. The third-order valence-corrected chi connectivity index (χ3v) is 6.20. The fourth-order valence-corrected chi connectivity index (χ4v) is 4.37. The molecular formula is C24H32N8O7S. The average molecular weight is 577 g/mol. The number of Topliss-reactive ketones (excluding diaryl/α,β-unsaturated/α-hetero) is 1. The van der Waals surface area contributed by atoms with Gasteiger partial charge in [-0.05, 0) is 30.9 Å². The molecule has 0 aliphatic heterocycles. The summed E-state index contributed by atoms with van der Waals surface area (Å²) >= 11 is 0. The van der Waals surface area contributed by atoms with Crippen molar-refractivity contribution in [2.45, 2.75) is 31.3 Å². The van der Waals surface area contributed by atoms with E-state index in [4.69, 9.17) is 17.2 Å². The van der Waals surface area contributed by atoms with E-state index in [9.17, 15) is 32.9 Å². The Morgan fingerprint density at radius 2 is 1.75 bits per heavy atom. The monoisotopic (exact) mass is 576 g/mol. The summed E-state index contributed by atoms with van der Waals surface area (Å²) in [6.07, 6.45) is 1.24. The number of ketones is 1. The van der Waals surface area contributed by atoms with Crippen molar-refractivity contribution >= 4 is 45.0 Å². The van der Waals surface area contributed by atoms with Crippen molar-refractivity contribution in [1.29, 1.82) is 0 Å². The zero-order valence-electron chi connectivity index (χ0n) is 21.7. The van der Waals surface area contributed by atoms with Gasteiger partial charge in [0.15, 0.2) is 11.7 Å². The van der Waals surface area contributed by atoms with E-state index in [1.54, 1.807) is 30.3 Å². The van der Waals surface area contributed by atoms with Crippen LogP contribution in [0.2, 0.25) is 0 Å². The molecule has 0 spiro atoms. The van der Waals surface area contributed by atoms with Gasteiger partial charge in [-0.15, -0.1) is 0 Å². The Bertz CT molecular complexity index is 1360. The van der Waals surface area contributed by atoms with Crippen LogP contribution in [0.25, 0.3) is 0 Å². The van der Waals surface area contributed by atoms with Gasteiger partial charge in [-0.25, -0.2) is 13.1 Å². The van der Waals surface area contributed by atoms with Gasteiger partial charge in [-0.2, -0.15) is 0 Å². The molecule has 0 heterocycles. The molecule has 1 unspecified atom stereocenters. The lowest BCUT2D eigenvalue weighted by molar-refractivity contribution is -0.384. The number of sulfonamides is 1. The normalized spacial score (nSPS) is 12.5. The molecule has 216 valence electrons. The molecule has 2 amide bonds. The van der Waals surface area contributed by atoms with Gasteiger partial charge >= 0.3 is 0 Å². The minimum atomic E-state index is -3.76. The van der Waals surface area contributed by atoms with E-state index in [1.165, 1.54) is 6.07 Å². The Hall–Kier alpha value is -4.57. The summed E-state index contributed by atoms with van der Waals surface area (Å²) in [4.78, 5) is 53.1. The SMILES string of the molecule is CS(=O)(=O)N[C@H](Cc1ccccc1)C(=O)NCC(=O)NC(CCCN=C(N)N)C(=O)c1cc([N+](=O)[O-])ccc1N. The molecule has 2 rings (SSSR count). The predicted octanol–water partition coefficient (Wildman–Crippen LogP) is -0.825. The smallest absolute Gasteiger partial charge is 0.270 e. The second-order valence-electron chi connectivity index (χ2n) is 8.81. The van der Waals surface area contributed by atoms with Crippen LogP contribution in [-0.4, -0.2) is 68.3 Å². The molecule has 0 saturated carbocycles. The number of nitro benzene ring substituents is 1. The minimum Gasteiger partial charge on any atom is -0.398 e. The van der Waals surface area contributed by atoms with Gasteiger partial charge < -0.3 is 27.8 Å². The lowest BCUT2D eigenvalue weighted by atomic mass is 9.98. The number of nitrogens with two attached hydrogens (primary N) is 3. The van der Waals surface area contributed by atoms with E-state index in [0.717, 1.165) is 18.4 Å². The number of aliphatic imine (C=N–C) groups is 1. The first-order valence-corrected chi connectivity index (χ1v) is 13.9. The molecule has 0 aliphatic carbocycles. The van der Waals surface area contributed by atoms with Gasteiger partial charge in [-0.3, -0.25) is 29.5 Å². The lowest BCUT2D eigenvalue weighted by Gasteiger charge is -2.20. The lowest BCUT2D eigenvalue weighted by Crippen LogP contribution is -2.51. The molecule has 0 aromatic heterocycles. The molecule has 2 atom stereocenters. The van der Waals surface area contributed by atoms with Gasteiger partial charge in [0.2, 0.25) is 21.8 Å². The molecule has 2 aromatic rings. The number of nitrogens with zero attached hydrogens (tertiary/aromatic N) is 2. The second-order valence-corrected chi connectivity index (χ2v) is 10.6. The van der Waals surface area contributed by atoms with Gasteiger partial charge in [0, 0.05) is 29.9 Å². The van der Waals surface area contributed by atoms with Crippen LogP contribution in [0.5, 0.6) is 0 Å². The number of nitro groups is 1. The second kappa shape index (κ2) is 14.5. The maximum Gasteiger partial charge on any atom is 0.270 e. The third-order valence-electron chi connectivity index (χ3n) is 5.49. The van der Waals surface area contributed by atoms with Crippen LogP contribution in [0.4, 0.5) is 11.4 Å². The van der Waals surface area contributed by atoms with Crippen LogP contribution < -0.4 is 32.6 Å². The predicted molar refractivity (Wildman–Crippen MR) is 149 cm³/mol. The van der Waals surface area contributed by atoms with Crippen LogP contribution in [0.15, 0.2) is 53.5 Å². The number of amides is 2. The summed E-state index contributed by atoms with van der Waals surface area (Å²) in [5, 5.41) is 16.0. The van der Waals surface area contributed by atoms with Crippen molar-refractivity contribution in [3.63, 3.8) is 0 Å². The van der Waals surface area contributed by atoms with E-state index in [1.807, 2.05) is 0 Å². The Balaban J connectivity index is 2.15. The molecule has 0 bridgehead atoms. The number of carbonyl (C=O) groups excluding carboxylic acids is 3. The van der Waals surface area contributed by atoms with Crippen molar-refractivity contribution in [2.75, 3.05) is 25.1 Å². The number of benzene rings is 2. The number of carbonyl (C=O) groups is 3. The van der Waals surface area contributed by atoms with E-state index < -0.39 is 51.2 Å². The molecule has 9 N–H and O–H groups in total. The van der Waals surface area contributed by atoms with Gasteiger partial charge in [-0.1, -0.05) is 30.3 Å². The molecule has 15 nitrogen and oxygen atoms in total. The van der Waals surface area contributed by atoms with Gasteiger partial charge in [0.05, 0.1) is 23.8 Å². The summed E-state index contributed by atoms with van der Waals surface area (Å²) in [6, 6.07) is 9.65. The maximum absolute atomic E-state index is 13.2. The zero-order chi connectivity index (χ0) is 29.9. The third kappa shape index (κ3) is 10.7. The average Bonchev–Trinajstić information content (AvgIpc) is 2.88. The van der Waals surface area contributed by atoms with Crippen molar-refractivity contribution in [1.82, 2.24) is 15.4 Å². The van der Waals surface area contributed by atoms with Crippen molar-refractivity contribution in [3.05, 3.63) is 69.8 Å². The van der Waals surface area contributed by atoms with Crippen molar-refractivity contribution in [3.8, 4) is 0 Å². The quantitative estimate of drug-likeness (QED) is 0.0292. The van der Waals surface area contributed by atoms with Crippen LogP contribution >= 0.6 is 0 Å². The molecule has 0 radical (unpaired) electrons. The minimum absolute atomic E-state index is 0.0250. The Labute approximate surface area is 230 Å². The Morgan fingerprint density at radius 3 is 2.35 bits per heavy atom. The molecule has 0 fully saturated rings. The molecule has 16 heteroatoms. The van der Waals surface area contributed by atoms with Crippen molar-refractivity contribution < 1.29 is 27.7 Å². The van der Waals surface area contributed by atoms with Crippen LogP contribution in [0.1, 0.15) is 28.8 Å². The molecule has 0 saturated heterocycles. The van der Waals surface area contributed by atoms with E-state index in [0.29, 0.717) is 5.56 Å². The summed E-state index contributed by atoms with van der Waals surface area (Å²) in [6.45, 7) is -0.445. The van der Waals surface area contributed by atoms with Crippen LogP contribution in [0.3, 0.4) is 0 Å². The highest BCUT2D eigenvalue weighted by molar-refractivity contribution is 7.88. The number of rotatable bonds is 15. The molecule has 0 aliphatic rings. The van der Waals surface area contributed by atoms with Gasteiger partial charge in [0.25, 0.3) is 5.69 Å². The van der Waals surface area contributed by atoms with Crippen LogP contribution in [-0.2, 0) is 26.0 Å². The zero-order valence-corrected chi connectivity index (χ0v) is 22.5. The van der Waals surface area contributed by atoms with Crippen molar-refractivity contribution in [2.24, 2.45) is 16.5 Å². The Morgan fingerprint density at radius 1 is 1.07 bits per heavy atom. The molecule has 40 heavy (non-hydrogen) atoms. The number of non-ortho nitro benzene ring substituents is 1. The number of nitrogen functional groups attached to an aromatic ring is 1. The fraction of sp³-hybridized carbons (Fsp3) is 0.333. The Kier molecular flexibility index (Phi) is 11.5. The topological polar surface area (TPSA) is 255 Å². The molecular weight excluding hydrogens is 544 g/mol. The first kappa shape index (κ1) is 31.6. The number of guanidine groups is 1. The number of hydrogen-bond donors (Lipinski definition) is 6. The summed E-state index contributed by atoms with van der Waals surface area (Å²) < 4.78 is 25.9. The first-order chi connectivity index (χ1) is 18.8. The molecule has 2 aromatic carbocycles. The largest absolute Gasteiger partial charge is 0.398 e. The first-order valence-electron chi connectivity index (χ1n) is 12.0. The van der Waals surface area contributed by atoms with E-state index >= 15 is 0 Å². The van der Waals surface area contributed by atoms with E-state index in [2.05, 4.69) is 20.3 Å².